The summed E-state index contributed by atoms with van der Waals surface area (Å²) in [5.41, 5.74) is 7.38. The van der Waals surface area contributed by atoms with Gasteiger partial charge in [-0.2, -0.15) is 0 Å². The van der Waals surface area contributed by atoms with E-state index in [2.05, 4.69) is 11.4 Å². The molecule has 6 nitrogen and oxygen atoms in total. The molecule has 2 aliphatic rings. The van der Waals surface area contributed by atoms with Crippen molar-refractivity contribution >= 4 is 57.3 Å². The van der Waals surface area contributed by atoms with Gasteiger partial charge in [0.05, 0.1) is 22.5 Å². The van der Waals surface area contributed by atoms with Gasteiger partial charge in [-0.25, -0.2) is 4.98 Å². The summed E-state index contributed by atoms with van der Waals surface area (Å²) in [6.07, 6.45) is 3.55. The highest BCUT2D eigenvalue weighted by atomic mass is 35.5. The van der Waals surface area contributed by atoms with E-state index in [1.54, 1.807) is 18.2 Å². The van der Waals surface area contributed by atoms with Crippen LogP contribution in [0.1, 0.15) is 44.7 Å². The summed E-state index contributed by atoms with van der Waals surface area (Å²) in [6.45, 7) is 4.09. The Morgan fingerprint density at radius 3 is 2.53 bits per heavy atom. The van der Waals surface area contributed by atoms with Crippen molar-refractivity contribution in [2.45, 2.75) is 26.7 Å². The molecule has 2 heterocycles. The first kappa shape index (κ1) is 27.3. The zero-order valence-electron chi connectivity index (χ0n) is 23.5. The van der Waals surface area contributed by atoms with Crippen molar-refractivity contribution in [3.63, 3.8) is 0 Å². The number of para-hydroxylation sites is 1. The average molecular weight is 610 g/mol. The Morgan fingerprint density at radius 2 is 1.70 bits per heavy atom. The van der Waals surface area contributed by atoms with Gasteiger partial charge in [-0.3, -0.25) is 4.79 Å². The Kier molecular flexibility index (Phi) is 6.96. The van der Waals surface area contributed by atoms with Crippen molar-refractivity contribution < 1.29 is 19.0 Å². The lowest BCUT2D eigenvalue weighted by Crippen LogP contribution is -2.16. The highest BCUT2D eigenvalue weighted by Gasteiger charge is 2.28. The highest BCUT2D eigenvalue weighted by molar-refractivity contribution is 6.31. The van der Waals surface area contributed by atoms with Crippen molar-refractivity contribution in [3.05, 3.63) is 116 Å². The van der Waals surface area contributed by atoms with Gasteiger partial charge < -0.3 is 19.5 Å². The van der Waals surface area contributed by atoms with E-state index in [0.717, 1.165) is 62.3 Å². The quantitative estimate of drug-likeness (QED) is 0.215. The summed E-state index contributed by atoms with van der Waals surface area (Å²) in [5, 5.41) is 5.00. The van der Waals surface area contributed by atoms with E-state index in [1.165, 1.54) is 0 Å². The van der Waals surface area contributed by atoms with Gasteiger partial charge in [0.25, 0.3) is 5.91 Å². The van der Waals surface area contributed by atoms with Crippen molar-refractivity contribution in [1.29, 1.82) is 0 Å². The van der Waals surface area contributed by atoms with Crippen LogP contribution >= 0.6 is 23.2 Å². The van der Waals surface area contributed by atoms with Gasteiger partial charge in [0.2, 0.25) is 6.79 Å². The first-order chi connectivity index (χ1) is 20.8. The Labute approximate surface area is 258 Å². The number of nitrogens with one attached hydrogen (secondary N) is 1. The highest BCUT2D eigenvalue weighted by Crippen LogP contribution is 2.41. The Bertz CT molecular complexity index is 1960. The van der Waals surface area contributed by atoms with Crippen LogP contribution < -0.4 is 19.5 Å². The average Bonchev–Trinajstić information content (AvgIpc) is 3.61. The number of ether oxygens (including phenoxy) is 3. The summed E-state index contributed by atoms with van der Waals surface area (Å²) in [5.74, 6) is 2.36. The number of halogens is 2. The number of fused-ring (bicyclic) bond motifs is 3. The van der Waals surface area contributed by atoms with Crippen LogP contribution in [0.4, 0.5) is 5.69 Å². The van der Waals surface area contributed by atoms with E-state index >= 15 is 0 Å². The molecule has 1 aliphatic heterocycles. The zero-order valence-corrected chi connectivity index (χ0v) is 25.0. The number of carbonyl (C=O) groups excluding carboxylic acids is 1. The number of aromatic nitrogens is 1. The Balaban J connectivity index is 1.28. The number of hydrogen-bond donors (Lipinski definition) is 1. The number of rotatable bonds is 5. The minimum Gasteiger partial charge on any atom is -0.455 e. The smallest absolute Gasteiger partial charge is 0.256 e. The Hall–Kier alpha value is -4.52. The van der Waals surface area contributed by atoms with Crippen LogP contribution in [-0.4, -0.2) is 17.7 Å². The number of benzene rings is 4. The molecule has 1 amide bonds. The molecule has 5 aromatic rings. The number of amides is 1. The van der Waals surface area contributed by atoms with Crippen LogP contribution in [-0.2, 0) is 6.42 Å². The molecule has 1 N–H and O–H groups in total. The van der Waals surface area contributed by atoms with Crippen LogP contribution in [0.25, 0.3) is 22.6 Å². The fourth-order valence-corrected chi connectivity index (χ4v) is 6.28. The van der Waals surface area contributed by atoms with Crippen LogP contribution in [0, 0.1) is 13.8 Å². The van der Waals surface area contributed by atoms with E-state index in [9.17, 15) is 4.79 Å². The number of allylic oxidation sites excluding steroid dienone is 1. The third kappa shape index (κ3) is 5.18. The third-order valence-corrected chi connectivity index (χ3v) is 8.19. The molecule has 7 rings (SSSR count). The molecule has 0 fully saturated rings. The van der Waals surface area contributed by atoms with E-state index in [1.807, 2.05) is 68.4 Å². The summed E-state index contributed by atoms with van der Waals surface area (Å²) in [4.78, 5) is 19.2. The van der Waals surface area contributed by atoms with E-state index in [-0.39, 0.29) is 12.7 Å². The van der Waals surface area contributed by atoms with Crippen molar-refractivity contribution in [3.8, 4) is 23.0 Å². The molecule has 0 saturated heterocycles. The number of nitrogens with zero attached hydrogens (tertiary/aromatic N) is 1. The number of aryl methyl sites for hydroxylation is 2. The van der Waals surface area contributed by atoms with Crippen molar-refractivity contribution in [1.82, 2.24) is 4.98 Å². The second kappa shape index (κ2) is 11.0. The van der Waals surface area contributed by atoms with Gasteiger partial charge in [0, 0.05) is 15.4 Å². The van der Waals surface area contributed by atoms with Gasteiger partial charge in [-0.1, -0.05) is 47.5 Å². The lowest BCUT2D eigenvalue weighted by molar-refractivity contribution is 0.102. The second-order valence-corrected chi connectivity index (χ2v) is 11.6. The second-order valence-electron chi connectivity index (χ2n) is 10.7. The topological polar surface area (TPSA) is 69.7 Å². The molecule has 43 heavy (non-hydrogen) atoms. The molecule has 0 unspecified atom stereocenters. The van der Waals surface area contributed by atoms with Gasteiger partial charge in [-0.15, -0.1) is 0 Å². The maximum absolute atomic E-state index is 14.2. The van der Waals surface area contributed by atoms with Crippen LogP contribution in [0.5, 0.6) is 23.0 Å². The molecular weight excluding hydrogens is 583 g/mol. The fraction of sp³-hybridized carbons (Fsp3) is 0.143. The Morgan fingerprint density at radius 1 is 0.907 bits per heavy atom. The largest absolute Gasteiger partial charge is 0.455 e. The molecule has 0 bridgehead atoms. The molecule has 0 spiro atoms. The number of carbonyl (C=O) groups is 1. The van der Waals surface area contributed by atoms with Gasteiger partial charge >= 0.3 is 0 Å². The van der Waals surface area contributed by atoms with E-state index in [4.69, 9.17) is 42.4 Å². The molecular formula is C35H26Cl2N2O4. The number of anilines is 1. The van der Waals surface area contributed by atoms with E-state index in [0.29, 0.717) is 39.2 Å². The first-order valence-corrected chi connectivity index (χ1v) is 14.7. The number of pyridine rings is 1. The lowest BCUT2D eigenvalue weighted by Gasteiger charge is -2.17. The van der Waals surface area contributed by atoms with Gasteiger partial charge in [0.1, 0.15) is 5.75 Å². The van der Waals surface area contributed by atoms with Gasteiger partial charge in [0.15, 0.2) is 17.2 Å². The SMILES string of the molecule is Cc1cc(Cl)cc(C)c1Oc1ccc(Cl)cc1NC(=O)c1c2c(nc3ccccc13)/C(=C\c1ccc3c(c1)OCO3)CC2. The molecule has 1 aliphatic carbocycles. The summed E-state index contributed by atoms with van der Waals surface area (Å²) in [7, 11) is 0. The van der Waals surface area contributed by atoms with Crippen LogP contribution in [0.15, 0.2) is 72.8 Å². The standard InChI is InChI=1S/C35H26Cl2N2O4/c1-19-13-24(37)14-20(2)34(19)43-29-12-9-23(36)17-28(29)39-35(40)32-25-5-3-4-6-27(25)38-33-22(8-10-26(32)33)15-21-7-11-30-31(16-21)42-18-41-30/h3-7,9,11-17H,8,10,18H2,1-2H3,(H,39,40)/b22-15-. The fourth-order valence-electron chi connectivity index (χ4n) is 5.78. The molecule has 1 aromatic heterocycles. The summed E-state index contributed by atoms with van der Waals surface area (Å²) < 4.78 is 17.4. The predicted octanol–water partition coefficient (Wildman–Crippen LogP) is 9.42. The van der Waals surface area contributed by atoms with Crippen LogP contribution in [0.2, 0.25) is 10.0 Å². The molecule has 214 valence electrons. The van der Waals surface area contributed by atoms with Crippen LogP contribution in [0.3, 0.4) is 0 Å². The minimum absolute atomic E-state index is 0.225. The maximum atomic E-state index is 14.2. The summed E-state index contributed by atoms with van der Waals surface area (Å²) in [6, 6.07) is 22.5. The zero-order chi connectivity index (χ0) is 29.7. The molecule has 0 radical (unpaired) electrons. The van der Waals surface area contributed by atoms with E-state index < -0.39 is 0 Å². The van der Waals surface area contributed by atoms with Crippen molar-refractivity contribution in [2.24, 2.45) is 0 Å². The normalized spacial score (nSPS) is 14.3. The molecule has 8 heteroatoms. The number of hydrogen-bond acceptors (Lipinski definition) is 5. The predicted molar refractivity (Wildman–Crippen MR) is 171 cm³/mol. The molecule has 4 aromatic carbocycles. The third-order valence-electron chi connectivity index (χ3n) is 7.73. The van der Waals surface area contributed by atoms with Crippen molar-refractivity contribution in [2.75, 3.05) is 12.1 Å². The first-order valence-electron chi connectivity index (χ1n) is 13.9. The lowest BCUT2D eigenvalue weighted by atomic mass is 9.99. The minimum atomic E-state index is -0.254. The molecule has 0 atom stereocenters. The molecule has 0 saturated carbocycles. The summed E-state index contributed by atoms with van der Waals surface area (Å²) >= 11 is 12.6. The maximum Gasteiger partial charge on any atom is 0.256 e. The monoisotopic (exact) mass is 608 g/mol. The van der Waals surface area contributed by atoms with Gasteiger partial charge in [-0.05, 0) is 109 Å².